The van der Waals surface area contributed by atoms with Crippen LogP contribution in [-0.4, -0.2) is 50.5 Å². The number of rotatable bonds is 6. The lowest BCUT2D eigenvalue weighted by molar-refractivity contribution is -0.131. The first-order chi connectivity index (χ1) is 11.6. The van der Waals surface area contributed by atoms with E-state index in [1.807, 2.05) is 0 Å². The first-order valence-corrected chi connectivity index (χ1v) is 8.22. The van der Waals surface area contributed by atoms with E-state index in [-0.39, 0.29) is 30.2 Å². The second-order valence-electron chi connectivity index (χ2n) is 6.32. The Balaban J connectivity index is 1.84. The maximum atomic E-state index is 12.7. The van der Waals surface area contributed by atoms with E-state index < -0.39 is 0 Å². The molecule has 0 radical (unpaired) electrons. The fourth-order valence-corrected chi connectivity index (χ4v) is 3.78. The highest BCUT2D eigenvalue weighted by atomic mass is 16.5. The van der Waals surface area contributed by atoms with Gasteiger partial charge in [-0.2, -0.15) is 0 Å². The number of carbonyl (C=O) groups is 2. The summed E-state index contributed by atoms with van der Waals surface area (Å²) in [6, 6.07) is 3.48. The number of fused-ring (bicyclic) bond motifs is 2. The van der Waals surface area contributed by atoms with Crippen molar-refractivity contribution in [3.05, 3.63) is 17.7 Å². The Labute approximate surface area is 141 Å². The molecule has 6 nitrogen and oxygen atoms in total. The van der Waals surface area contributed by atoms with Gasteiger partial charge < -0.3 is 19.1 Å². The number of benzene rings is 1. The van der Waals surface area contributed by atoms with Gasteiger partial charge in [0.2, 0.25) is 11.7 Å². The molecule has 2 fully saturated rings. The molecule has 1 saturated carbocycles. The molecule has 2 aliphatic rings. The van der Waals surface area contributed by atoms with E-state index in [0.29, 0.717) is 22.8 Å². The Morgan fingerprint density at radius 3 is 2.33 bits per heavy atom. The van der Waals surface area contributed by atoms with Crippen molar-refractivity contribution in [2.24, 2.45) is 5.92 Å². The van der Waals surface area contributed by atoms with Crippen LogP contribution < -0.4 is 14.2 Å². The standard InChI is InChI=1S/C18H23NO5/c1-22-15-8-12(9-16(23-2)17(15)24-3)14(20)10-19-13-6-4-5-11(7-13)18(19)21/h8-9,11,13H,4-7,10H2,1-3H3. The van der Waals surface area contributed by atoms with Gasteiger partial charge in [0.15, 0.2) is 17.3 Å². The summed E-state index contributed by atoms with van der Waals surface area (Å²) in [7, 11) is 4.54. The number of Topliss-reactive ketones (excluding diaryl/α,β-unsaturated/α-hetero) is 1. The highest BCUT2D eigenvalue weighted by Gasteiger charge is 2.42. The minimum absolute atomic E-state index is 0.108. The molecule has 1 saturated heterocycles. The number of hydrogen-bond acceptors (Lipinski definition) is 5. The maximum absolute atomic E-state index is 12.7. The van der Waals surface area contributed by atoms with Crippen molar-refractivity contribution < 1.29 is 23.8 Å². The van der Waals surface area contributed by atoms with Gasteiger partial charge in [-0.1, -0.05) is 6.42 Å². The van der Waals surface area contributed by atoms with Gasteiger partial charge in [0.05, 0.1) is 27.9 Å². The zero-order valence-electron chi connectivity index (χ0n) is 14.3. The van der Waals surface area contributed by atoms with Crippen molar-refractivity contribution in [2.45, 2.75) is 31.7 Å². The number of likely N-dealkylation sites (tertiary alicyclic amines) is 1. The van der Waals surface area contributed by atoms with Crippen LogP contribution in [0.2, 0.25) is 0 Å². The van der Waals surface area contributed by atoms with Crippen molar-refractivity contribution in [3.8, 4) is 17.2 Å². The van der Waals surface area contributed by atoms with Crippen LogP contribution >= 0.6 is 0 Å². The molecule has 6 heteroatoms. The molecule has 0 N–H and O–H groups in total. The van der Waals surface area contributed by atoms with Gasteiger partial charge in [0, 0.05) is 17.5 Å². The summed E-state index contributed by atoms with van der Waals surface area (Å²) in [5.74, 6) is 1.44. The third-order valence-electron chi connectivity index (χ3n) is 5.02. The summed E-state index contributed by atoms with van der Waals surface area (Å²) < 4.78 is 15.9. The summed E-state index contributed by atoms with van der Waals surface area (Å²) in [6.07, 6.45) is 3.90. The minimum Gasteiger partial charge on any atom is -0.493 e. The third kappa shape index (κ3) is 2.81. The highest BCUT2D eigenvalue weighted by Crippen LogP contribution is 2.39. The molecule has 2 unspecified atom stereocenters. The molecular formula is C18H23NO5. The van der Waals surface area contributed by atoms with Crippen molar-refractivity contribution in [1.29, 1.82) is 0 Å². The fourth-order valence-electron chi connectivity index (χ4n) is 3.78. The van der Waals surface area contributed by atoms with Crippen molar-refractivity contribution in [2.75, 3.05) is 27.9 Å². The number of hydrogen-bond donors (Lipinski definition) is 0. The molecule has 1 aromatic rings. The number of ether oxygens (including phenoxy) is 3. The molecule has 0 aromatic heterocycles. The van der Waals surface area contributed by atoms with Crippen LogP contribution in [-0.2, 0) is 4.79 Å². The number of nitrogens with zero attached hydrogens (tertiary/aromatic N) is 1. The number of methoxy groups -OCH3 is 3. The molecule has 1 aromatic carbocycles. The fraction of sp³-hybridized carbons (Fsp3) is 0.556. The average molecular weight is 333 g/mol. The largest absolute Gasteiger partial charge is 0.493 e. The predicted octanol–water partition coefficient (Wildman–Crippen LogP) is 2.30. The quantitative estimate of drug-likeness (QED) is 0.748. The van der Waals surface area contributed by atoms with E-state index in [1.54, 1.807) is 17.0 Å². The summed E-state index contributed by atoms with van der Waals surface area (Å²) in [5, 5.41) is 0. The Bertz CT molecular complexity index is 632. The first kappa shape index (κ1) is 16.6. The molecule has 130 valence electrons. The van der Waals surface area contributed by atoms with Gasteiger partial charge in [-0.3, -0.25) is 9.59 Å². The van der Waals surface area contributed by atoms with Gasteiger partial charge in [0.25, 0.3) is 0 Å². The summed E-state index contributed by atoms with van der Waals surface area (Å²) >= 11 is 0. The second-order valence-corrected chi connectivity index (χ2v) is 6.32. The van der Waals surface area contributed by atoms with Crippen molar-refractivity contribution in [1.82, 2.24) is 4.90 Å². The van der Waals surface area contributed by atoms with Gasteiger partial charge in [-0.15, -0.1) is 0 Å². The highest BCUT2D eigenvalue weighted by molar-refractivity contribution is 6.01. The van der Waals surface area contributed by atoms with Crippen LogP contribution in [0, 0.1) is 5.92 Å². The lowest BCUT2D eigenvalue weighted by atomic mass is 9.90. The minimum atomic E-state index is -0.116. The molecular weight excluding hydrogens is 310 g/mol. The summed E-state index contributed by atoms with van der Waals surface area (Å²) in [5.41, 5.74) is 0.457. The number of ketones is 1. The van der Waals surface area contributed by atoms with E-state index in [1.165, 1.54) is 21.3 Å². The van der Waals surface area contributed by atoms with Crippen LogP contribution in [0.15, 0.2) is 12.1 Å². The monoisotopic (exact) mass is 333 g/mol. The Morgan fingerprint density at radius 1 is 1.12 bits per heavy atom. The van der Waals surface area contributed by atoms with E-state index in [9.17, 15) is 9.59 Å². The SMILES string of the molecule is COc1cc(C(=O)CN2C(=O)C3CCCC2C3)cc(OC)c1OC. The average Bonchev–Trinajstić information content (AvgIpc) is 2.83. The summed E-state index contributed by atoms with van der Waals surface area (Å²) in [6.45, 7) is 0.110. The second kappa shape index (κ2) is 6.71. The molecule has 1 aliphatic carbocycles. The van der Waals surface area contributed by atoms with E-state index in [2.05, 4.69) is 0 Å². The third-order valence-corrected chi connectivity index (χ3v) is 5.02. The van der Waals surface area contributed by atoms with Gasteiger partial charge >= 0.3 is 0 Å². The van der Waals surface area contributed by atoms with Crippen LogP contribution in [0.4, 0.5) is 0 Å². The van der Waals surface area contributed by atoms with Gasteiger partial charge in [0.1, 0.15) is 0 Å². The van der Waals surface area contributed by atoms with Crippen LogP contribution in [0.25, 0.3) is 0 Å². The molecule has 2 bridgehead atoms. The zero-order chi connectivity index (χ0) is 17.3. The van der Waals surface area contributed by atoms with E-state index >= 15 is 0 Å². The van der Waals surface area contributed by atoms with Gasteiger partial charge in [-0.25, -0.2) is 0 Å². The molecule has 1 amide bonds. The molecule has 1 aliphatic heterocycles. The van der Waals surface area contributed by atoms with Crippen LogP contribution in [0.5, 0.6) is 17.2 Å². The topological polar surface area (TPSA) is 65.1 Å². The Kier molecular flexibility index (Phi) is 4.64. The normalized spacial score (nSPS) is 22.5. The Morgan fingerprint density at radius 2 is 1.79 bits per heavy atom. The van der Waals surface area contributed by atoms with E-state index in [0.717, 1.165) is 25.7 Å². The summed E-state index contributed by atoms with van der Waals surface area (Å²) in [4.78, 5) is 26.9. The molecule has 3 rings (SSSR count). The smallest absolute Gasteiger partial charge is 0.226 e. The Hall–Kier alpha value is -2.24. The lowest BCUT2D eigenvalue weighted by Gasteiger charge is -2.24. The molecule has 0 spiro atoms. The van der Waals surface area contributed by atoms with Gasteiger partial charge in [-0.05, 0) is 31.4 Å². The number of carbonyl (C=O) groups excluding carboxylic acids is 2. The predicted molar refractivity (Wildman–Crippen MR) is 87.9 cm³/mol. The van der Waals surface area contributed by atoms with Crippen molar-refractivity contribution >= 4 is 11.7 Å². The molecule has 2 atom stereocenters. The lowest BCUT2D eigenvalue weighted by Crippen LogP contribution is -2.37. The number of amides is 1. The van der Waals surface area contributed by atoms with Crippen LogP contribution in [0.1, 0.15) is 36.0 Å². The zero-order valence-corrected chi connectivity index (χ0v) is 14.3. The molecule has 24 heavy (non-hydrogen) atoms. The van der Waals surface area contributed by atoms with Crippen LogP contribution in [0.3, 0.4) is 0 Å². The van der Waals surface area contributed by atoms with Crippen molar-refractivity contribution in [3.63, 3.8) is 0 Å². The maximum Gasteiger partial charge on any atom is 0.226 e. The first-order valence-electron chi connectivity index (χ1n) is 8.22. The van der Waals surface area contributed by atoms with E-state index in [4.69, 9.17) is 14.2 Å². The molecule has 1 heterocycles.